The first-order chi connectivity index (χ1) is 15.1. The highest BCUT2D eigenvalue weighted by atomic mass is 19.1. The number of carbonyl (C=O) groups excluding carboxylic acids is 1. The summed E-state index contributed by atoms with van der Waals surface area (Å²) in [5.74, 6) is 2.12. The van der Waals surface area contributed by atoms with E-state index in [9.17, 15) is 9.18 Å². The molecule has 0 spiro atoms. The van der Waals surface area contributed by atoms with Crippen LogP contribution in [0.4, 0.5) is 4.39 Å². The molecule has 1 aliphatic rings. The van der Waals surface area contributed by atoms with Gasteiger partial charge in [0, 0.05) is 13.0 Å². The molecule has 1 unspecified atom stereocenters. The Hall–Kier alpha value is -3.35. The number of hydrogen-bond acceptors (Lipinski definition) is 5. The van der Waals surface area contributed by atoms with Crippen molar-refractivity contribution >= 4 is 5.91 Å². The first-order valence-corrected chi connectivity index (χ1v) is 10.4. The maximum absolute atomic E-state index is 13.4. The molecule has 1 aliphatic heterocycles. The Morgan fingerprint density at radius 2 is 2.00 bits per heavy atom. The van der Waals surface area contributed by atoms with E-state index in [2.05, 4.69) is 4.98 Å². The number of likely N-dealkylation sites (tertiary alicyclic amines) is 1. The van der Waals surface area contributed by atoms with Crippen molar-refractivity contribution in [1.29, 1.82) is 0 Å². The van der Waals surface area contributed by atoms with Crippen LogP contribution in [0.1, 0.15) is 42.5 Å². The van der Waals surface area contributed by atoms with Crippen molar-refractivity contribution in [1.82, 2.24) is 9.88 Å². The van der Waals surface area contributed by atoms with Crippen LogP contribution in [-0.4, -0.2) is 36.1 Å². The molecule has 0 saturated carbocycles. The molecule has 1 fully saturated rings. The third-order valence-electron chi connectivity index (χ3n) is 5.37. The van der Waals surface area contributed by atoms with E-state index < -0.39 is 0 Å². The molecule has 1 saturated heterocycles. The predicted octanol–water partition coefficient (Wildman–Crippen LogP) is 4.55. The van der Waals surface area contributed by atoms with Crippen molar-refractivity contribution in [2.45, 2.75) is 31.7 Å². The maximum Gasteiger partial charge on any atom is 0.261 e. The van der Waals surface area contributed by atoms with Gasteiger partial charge in [-0.3, -0.25) is 4.79 Å². The Labute approximate surface area is 180 Å². The van der Waals surface area contributed by atoms with Crippen molar-refractivity contribution in [3.63, 3.8) is 0 Å². The summed E-state index contributed by atoms with van der Waals surface area (Å²) in [6.45, 7) is 0.580. The molecule has 1 aromatic heterocycles. The Morgan fingerprint density at radius 3 is 2.77 bits per heavy atom. The zero-order chi connectivity index (χ0) is 21.6. The molecule has 1 amide bonds. The summed E-state index contributed by atoms with van der Waals surface area (Å²) in [5, 5.41) is 0. The summed E-state index contributed by atoms with van der Waals surface area (Å²) in [4.78, 5) is 19.1. The van der Waals surface area contributed by atoms with Crippen molar-refractivity contribution in [3.8, 4) is 11.5 Å². The van der Waals surface area contributed by atoms with E-state index in [4.69, 9.17) is 13.9 Å². The number of aromatic nitrogens is 1. The van der Waals surface area contributed by atoms with Crippen molar-refractivity contribution < 1.29 is 23.1 Å². The van der Waals surface area contributed by atoms with Gasteiger partial charge in [-0.1, -0.05) is 12.1 Å². The van der Waals surface area contributed by atoms with Crippen LogP contribution in [0.15, 0.2) is 59.1 Å². The zero-order valence-corrected chi connectivity index (χ0v) is 17.4. The molecule has 2 heterocycles. The van der Waals surface area contributed by atoms with Gasteiger partial charge in [0.2, 0.25) is 5.89 Å². The van der Waals surface area contributed by atoms with Gasteiger partial charge in [0.05, 0.1) is 13.3 Å². The molecule has 0 N–H and O–H groups in total. The third-order valence-corrected chi connectivity index (χ3v) is 5.37. The number of ether oxygens (including phenoxy) is 2. The lowest BCUT2D eigenvalue weighted by Gasteiger charge is -2.33. The number of carbonyl (C=O) groups is 1. The van der Waals surface area contributed by atoms with E-state index in [1.807, 2.05) is 6.07 Å². The van der Waals surface area contributed by atoms with Gasteiger partial charge in [-0.25, -0.2) is 9.37 Å². The summed E-state index contributed by atoms with van der Waals surface area (Å²) in [5.41, 5.74) is 0.812. The highest BCUT2D eigenvalue weighted by Crippen LogP contribution is 2.31. The van der Waals surface area contributed by atoms with Gasteiger partial charge in [-0.2, -0.15) is 0 Å². The van der Waals surface area contributed by atoms with Gasteiger partial charge in [-0.05, 0) is 61.2 Å². The lowest BCUT2D eigenvalue weighted by molar-refractivity contribution is -0.137. The summed E-state index contributed by atoms with van der Waals surface area (Å²) >= 11 is 0. The van der Waals surface area contributed by atoms with E-state index in [-0.39, 0.29) is 24.4 Å². The number of piperidine rings is 1. The number of halogens is 1. The van der Waals surface area contributed by atoms with Crippen LogP contribution in [-0.2, 0) is 11.2 Å². The number of hydrogen-bond donors (Lipinski definition) is 0. The average molecular weight is 424 g/mol. The van der Waals surface area contributed by atoms with Crippen LogP contribution in [0.25, 0.3) is 0 Å². The van der Waals surface area contributed by atoms with Crippen LogP contribution in [0.5, 0.6) is 11.5 Å². The van der Waals surface area contributed by atoms with E-state index in [0.29, 0.717) is 30.4 Å². The molecule has 3 aromatic rings. The highest BCUT2D eigenvalue weighted by Gasteiger charge is 2.31. The minimum Gasteiger partial charge on any atom is -0.497 e. The second-order valence-corrected chi connectivity index (χ2v) is 7.53. The van der Waals surface area contributed by atoms with Crippen LogP contribution in [0.2, 0.25) is 0 Å². The van der Waals surface area contributed by atoms with Gasteiger partial charge in [0.1, 0.15) is 29.1 Å². The molecule has 4 rings (SSSR count). The van der Waals surface area contributed by atoms with Crippen LogP contribution in [0.3, 0.4) is 0 Å². The molecule has 162 valence electrons. The van der Waals surface area contributed by atoms with E-state index in [0.717, 1.165) is 30.6 Å². The van der Waals surface area contributed by atoms with Crippen molar-refractivity contribution in [2.24, 2.45) is 0 Å². The minimum absolute atomic E-state index is 0.0559. The standard InChI is InChI=1S/C24H25FN2O4/c1-29-19-8-10-20(11-9-19)30-16-23(28)27-12-3-2-7-22(27)24-26-15-21(31-24)14-17-5-4-6-18(25)13-17/h4-6,8-11,13,15,22H,2-3,7,12,14,16H2,1H3. The second kappa shape index (κ2) is 9.64. The second-order valence-electron chi connectivity index (χ2n) is 7.53. The molecule has 0 radical (unpaired) electrons. The normalized spacial score (nSPS) is 16.2. The summed E-state index contributed by atoms with van der Waals surface area (Å²) < 4.78 is 30.2. The average Bonchev–Trinajstić information content (AvgIpc) is 3.26. The number of benzene rings is 2. The third kappa shape index (κ3) is 5.23. The molecule has 2 aromatic carbocycles. The Morgan fingerprint density at radius 1 is 1.19 bits per heavy atom. The Bertz CT molecular complexity index is 1020. The molecular formula is C24H25FN2O4. The summed E-state index contributed by atoms with van der Waals surface area (Å²) in [6, 6.07) is 13.3. The van der Waals surface area contributed by atoms with Crippen LogP contribution < -0.4 is 9.47 Å². The predicted molar refractivity (Wildman–Crippen MR) is 113 cm³/mol. The number of amides is 1. The molecule has 0 aliphatic carbocycles. The van der Waals surface area contributed by atoms with Gasteiger partial charge in [-0.15, -0.1) is 0 Å². The fourth-order valence-corrected chi connectivity index (χ4v) is 3.79. The van der Waals surface area contributed by atoms with E-state index >= 15 is 0 Å². The number of rotatable bonds is 7. The largest absolute Gasteiger partial charge is 0.497 e. The quantitative estimate of drug-likeness (QED) is 0.557. The maximum atomic E-state index is 13.4. The Balaban J connectivity index is 1.40. The van der Waals surface area contributed by atoms with Crippen molar-refractivity contribution in [3.05, 3.63) is 77.8 Å². The summed E-state index contributed by atoms with van der Waals surface area (Å²) in [7, 11) is 1.60. The Kier molecular flexibility index (Phi) is 6.50. The number of oxazole rings is 1. The van der Waals surface area contributed by atoms with Gasteiger partial charge < -0.3 is 18.8 Å². The van der Waals surface area contributed by atoms with Gasteiger partial charge in [0.15, 0.2) is 6.61 Å². The molecule has 1 atom stereocenters. The molecule has 6 nitrogen and oxygen atoms in total. The number of methoxy groups -OCH3 is 1. The molecular weight excluding hydrogens is 399 g/mol. The molecule has 31 heavy (non-hydrogen) atoms. The SMILES string of the molecule is COc1ccc(OCC(=O)N2CCCCC2c2ncc(Cc3cccc(F)c3)o2)cc1. The lowest BCUT2D eigenvalue weighted by atomic mass is 10.0. The molecule has 0 bridgehead atoms. The summed E-state index contributed by atoms with van der Waals surface area (Å²) in [6.07, 6.45) is 4.82. The smallest absolute Gasteiger partial charge is 0.261 e. The van der Waals surface area contributed by atoms with Crippen molar-refractivity contribution in [2.75, 3.05) is 20.3 Å². The number of nitrogens with zero attached hydrogens (tertiary/aromatic N) is 2. The fourth-order valence-electron chi connectivity index (χ4n) is 3.79. The van der Waals surface area contributed by atoms with E-state index in [1.54, 1.807) is 48.5 Å². The highest BCUT2D eigenvalue weighted by molar-refractivity contribution is 5.78. The lowest BCUT2D eigenvalue weighted by Crippen LogP contribution is -2.41. The van der Waals surface area contributed by atoms with E-state index in [1.165, 1.54) is 12.1 Å². The fraction of sp³-hybridized carbons (Fsp3) is 0.333. The van der Waals surface area contributed by atoms with Gasteiger partial charge >= 0.3 is 0 Å². The molecule has 7 heteroatoms. The van der Waals surface area contributed by atoms with Gasteiger partial charge in [0.25, 0.3) is 5.91 Å². The van der Waals surface area contributed by atoms with Crippen LogP contribution in [0, 0.1) is 5.82 Å². The topological polar surface area (TPSA) is 64.8 Å². The monoisotopic (exact) mass is 424 g/mol. The zero-order valence-electron chi connectivity index (χ0n) is 17.4. The first kappa shape index (κ1) is 20.9. The first-order valence-electron chi connectivity index (χ1n) is 10.4. The van der Waals surface area contributed by atoms with Crippen LogP contribution >= 0.6 is 0 Å². The minimum atomic E-state index is -0.279.